The number of benzene rings is 5. The molecular weight excluding hydrogens is 568 g/mol. The molecule has 2 atom stereocenters. The van der Waals surface area contributed by atoms with Crippen LogP contribution in [-0.4, -0.2) is 29.4 Å². The summed E-state index contributed by atoms with van der Waals surface area (Å²) in [6.45, 7) is 6.00. The van der Waals surface area contributed by atoms with E-state index in [2.05, 4.69) is 5.32 Å². The third-order valence-corrected chi connectivity index (χ3v) is 8.05. The Balaban J connectivity index is 1.60. The second kappa shape index (κ2) is 14.4. The van der Waals surface area contributed by atoms with E-state index in [0.29, 0.717) is 6.42 Å². The van der Waals surface area contributed by atoms with Crippen molar-refractivity contribution in [1.82, 2.24) is 5.32 Å². The van der Waals surface area contributed by atoms with Crippen molar-refractivity contribution in [2.45, 2.75) is 56.7 Å². The molecule has 0 aliphatic carbocycles. The number of nitrogens with two attached hydrogens (primary N) is 1. The monoisotopic (exact) mass is 610 g/mol. The van der Waals surface area contributed by atoms with Gasteiger partial charge in [0.15, 0.2) is 5.78 Å². The number of ether oxygens (including phenoxy) is 1. The van der Waals surface area contributed by atoms with Crippen molar-refractivity contribution in [3.8, 4) is 5.75 Å². The maximum Gasteiger partial charge on any atom is 0.237 e. The first-order valence-corrected chi connectivity index (χ1v) is 15.8. The molecule has 0 aromatic heterocycles. The Kier molecular flexibility index (Phi) is 10.1. The zero-order valence-electron chi connectivity index (χ0n) is 26.7. The van der Waals surface area contributed by atoms with E-state index < -0.39 is 17.5 Å². The lowest BCUT2D eigenvalue weighted by atomic mass is 9.64. The second-order valence-electron chi connectivity index (χ2n) is 12.6. The molecule has 0 saturated carbocycles. The summed E-state index contributed by atoms with van der Waals surface area (Å²) in [5.41, 5.74) is 9.22. The molecule has 0 bridgehead atoms. The van der Waals surface area contributed by atoms with Crippen LogP contribution in [0.15, 0.2) is 146 Å². The maximum absolute atomic E-state index is 15.5. The second-order valence-corrected chi connectivity index (χ2v) is 12.6. The third-order valence-electron chi connectivity index (χ3n) is 8.05. The molecule has 0 fully saturated rings. The lowest BCUT2D eigenvalue weighted by Gasteiger charge is -2.37. The van der Waals surface area contributed by atoms with Gasteiger partial charge in [0.1, 0.15) is 16.8 Å². The van der Waals surface area contributed by atoms with Crippen LogP contribution in [0, 0.1) is 0 Å². The highest BCUT2D eigenvalue weighted by Crippen LogP contribution is 2.41. The van der Waals surface area contributed by atoms with Crippen LogP contribution >= 0.6 is 0 Å². The molecule has 0 aliphatic rings. The van der Waals surface area contributed by atoms with E-state index >= 15 is 4.79 Å². The van der Waals surface area contributed by atoms with Gasteiger partial charge in [-0.1, -0.05) is 133 Å². The number of nitrogens with one attached hydrogen (secondary N) is 1. The summed E-state index contributed by atoms with van der Waals surface area (Å²) in [6, 6.07) is 45.0. The molecule has 0 radical (unpaired) electrons. The number of carbonyl (C=O) groups is 2. The van der Waals surface area contributed by atoms with E-state index in [1.807, 2.05) is 166 Å². The minimum atomic E-state index is -1.21. The van der Waals surface area contributed by atoms with Gasteiger partial charge in [0.25, 0.3) is 0 Å². The van der Waals surface area contributed by atoms with Crippen molar-refractivity contribution in [3.63, 3.8) is 0 Å². The van der Waals surface area contributed by atoms with Crippen molar-refractivity contribution >= 4 is 11.7 Å². The number of carbonyl (C=O) groups excluding carboxylic acids is 2. The molecule has 5 aromatic rings. The lowest BCUT2D eigenvalue weighted by Crippen LogP contribution is -2.55. The fraction of sp³-hybridized carbons (Fsp3) is 0.220. The SMILES string of the molecule is CC(C)(C)Oc1ccc(C[C@H](NC(=O)[C@@H](N)Cc2ccccc2)C(=O)C(c2ccccc2)(c2ccccc2)c2ccccc2)cc1. The molecule has 46 heavy (non-hydrogen) atoms. The summed E-state index contributed by atoms with van der Waals surface area (Å²) in [4.78, 5) is 29.3. The van der Waals surface area contributed by atoms with Gasteiger partial charge in [-0.2, -0.15) is 0 Å². The van der Waals surface area contributed by atoms with Crippen LogP contribution in [-0.2, 0) is 27.8 Å². The number of amides is 1. The summed E-state index contributed by atoms with van der Waals surface area (Å²) >= 11 is 0. The number of rotatable bonds is 12. The predicted octanol–water partition coefficient (Wildman–Crippen LogP) is 7.06. The summed E-state index contributed by atoms with van der Waals surface area (Å²) < 4.78 is 6.04. The normalized spacial score (nSPS) is 13.0. The quantitative estimate of drug-likeness (QED) is 0.148. The molecule has 5 aromatic carbocycles. The van der Waals surface area contributed by atoms with E-state index in [1.165, 1.54) is 0 Å². The summed E-state index contributed by atoms with van der Waals surface area (Å²) in [7, 11) is 0. The van der Waals surface area contributed by atoms with Crippen molar-refractivity contribution < 1.29 is 14.3 Å². The Morgan fingerprint density at radius 2 is 1.02 bits per heavy atom. The Labute approximate surface area is 272 Å². The first kappa shape index (κ1) is 32.4. The molecule has 5 heteroatoms. The highest BCUT2D eigenvalue weighted by molar-refractivity contribution is 6.03. The van der Waals surface area contributed by atoms with Crippen LogP contribution in [0.4, 0.5) is 0 Å². The first-order chi connectivity index (χ1) is 22.2. The predicted molar refractivity (Wildman–Crippen MR) is 185 cm³/mol. The average Bonchev–Trinajstić information content (AvgIpc) is 3.07. The fourth-order valence-corrected chi connectivity index (χ4v) is 5.98. The Hall–Kier alpha value is -5.00. The minimum absolute atomic E-state index is 0.147. The van der Waals surface area contributed by atoms with E-state index in [0.717, 1.165) is 33.6 Å². The number of hydrogen-bond acceptors (Lipinski definition) is 4. The topological polar surface area (TPSA) is 81.4 Å². The molecule has 5 rings (SSSR count). The summed E-state index contributed by atoms with van der Waals surface area (Å²) in [5, 5.41) is 3.11. The standard InChI is InChI=1S/C41H42N2O3/c1-40(2,3)46-35-26-24-31(25-27-35)29-37(43-39(45)36(42)28-30-16-8-4-9-17-30)38(44)41(32-18-10-5-11-19-32,33-20-12-6-13-21-33)34-22-14-7-15-23-34/h4-27,36-37H,28-29,42H2,1-3H3,(H,43,45)/t36-,37-/m0/s1. The van der Waals surface area contributed by atoms with Gasteiger partial charge in [0.2, 0.25) is 5.91 Å². The molecular formula is C41H42N2O3. The minimum Gasteiger partial charge on any atom is -0.488 e. The molecule has 0 spiro atoms. The van der Waals surface area contributed by atoms with Gasteiger partial charge in [-0.3, -0.25) is 9.59 Å². The highest BCUT2D eigenvalue weighted by atomic mass is 16.5. The van der Waals surface area contributed by atoms with Crippen molar-refractivity contribution in [2.75, 3.05) is 0 Å². The largest absolute Gasteiger partial charge is 0.488 e. The van der Waals surface area contributed by atoms with Crippen molar-refractivity contribution in [3.05, 3.63) is 173 Å². The number of hydrogen-bond donors (Lipinski definition) is 2. The van der Waals surface area contributed by atoms with Crippen LogP contribution in [0.2, 0.25) is 0 Å². The zero-order chi connectivity index (χ0) is 32.6. The highest BCUT2D eigenvalue weighted by Gasteiger charge is 2.47. The van der Waals surface area contributed by atoms with Crippen molar-refractivity contribution in [2.24, 2.45) is 5.73 Å². The van der Waals surface area contributed by atoms with Gasteiger partial charge < -0.3 is 15.8 Å². The van der Waals surface area contributed by atoms with E-state index in [-0.39, 0.29) is 23.7 Å². The molecule has 5 nitrogen and oxygen atoms in total. The van der Waals surface area contributed by atoms with Crippen LogP contribution < -0.4 is 15.8 Å². The Morgan fingerprint density at radius 3 is 1.46 bits per heavy atom. The fourth-order valence-electron chi connectivity index (χ4n) is 5.98. The molecule has 234 valence electrons. The molecule has 0 heterocycles. The van der Waals surface area contributed by atoms with Crippen LogP contribution in [0.1, 0.15) is 48.6 Å². The average molecular weight is 611 g/mol. The van der Waals surface area contributed by atoms with Crippen LogP contribution in [0.3, 0.4) is 0 Å². The first-order valence-electron chi connectivity index (χ1n) is 15.8. The molecule has 3 N–H and O–H groups in total. The molecule has 1 amide bonds. The van der Waals surface area contributed by atoms with Gasteiger partial charge in [-0.15, -0.1) is 0 Å². The Morgan fingerprint density at radius 1 is 0.609 bits per heavy atom. The van der Waals surface area contributed by atoms with Crippen molar-refractivity contribution in [1.29, 1.82) is 0 Å². The lowest BCUT2D eigenvalue weighted by molar-refractivity contribution is -0.130. The summed E-state index contributed by atoms with van der Waals surface area (Å²) in [5.74, 6) is 0.213. The molecule has 0 unspecified atom stereocenters. The van der Waals surface area contributed by atoms with Crippen LogP contribution in [0.5, 0.6) is 5.75 Å². The zero-order valence-corrected chi connectivity index (χ0v) is 26.7. The van der Waals surface area contributed by atoms with E-state index in [9.17, 15) is 4.79 Å². The van der Waals surface area contributed by atoms with Crippen LogP contribution in [0.25, 0.3) is 0 Å². The number of ketones is 1. The smallest absolute Gasteiger partial charge is 0.237 e. The van der Waals surface area contributed by atoms with Gasteiger partial charge in [0.05, 0.1) is 12.1 Å². The van der Waals surface area contributed by atoms with Gasteiger partial charge >= 0.3 is 0 Å². The van der Waals surface area contributed by atoms with Gasteiger partial charge in [0, 0.05) is 0 Å². The molecule has 0 saturated heterocycles. The third kappa shape index (κ3) is 7.61. The Bertz CT molecular complexity index is 1600. The van der Waals surface area contributed by atoms with Gasteiger partial charge in [-0.25, -0.2) is 0 Å². The van der Waals surface area contributed by atoms with E-state index in [1.54, 1.807) is 0 Å². The van der Waals surface area contributed by atoms with Gasteiger partial charge in [-0.05, 0) is 73.6 Å². The molecule has 0 aliphatic heterocycles. The number of Topliss-reactive ketones (excluding diaryl/α,β-unsaturated/α-hetero) is 1. The van der Waals surface area contributed by atoms with E-state index in [4.69, 9.17) is 10.5 Å². The maximum atomic E-state index is 15.5. The summed E-state index contributed by atoms with van der Waals surface area (Å²) in [6.07, 6.45) is 0.625.